The summed E-state index contributed by atoms with van der Waals surface area (Å²) in [6.07, 6.45) is 0. The lowest BCUT2D eigenvalue weighted by molar-refractivity contribution is -0.160. The number of primary amides is 1. The SMILES string of the molecule is CC(C)[C@](F)(C(N)=O)C(=O)O. The number of hydrogen-bond acceptors (Lipinski definition) is 2. The first-order valence-electron chi connectivity index (χ1n) is 3.05. The summed E-state index contributed by atoms with van der Waals surface area (Å²) < 4.78 is 13.1. The highest BCUT2D eigenvalue weighted by atomic mass is 19.1. The van der Waals surface area contributed by atoms with Gasteiger partial charge in [0.2, 0.25) is 0 Å². The molecule has 0 aliphatic heterocycles. The summed E-state index contributed by atoms with van der Waals surface area (Å²) in [5.41, 5.74) is 1.63. The lowest BCUT2D eigenvalue weighted by Gasteiger charge is -2.20. The first kappa shape index (κ1) is 9.87. The predicted molar refractivity (Wildman–Crippen MR) is 35.5 cm³/mol. The molecule has 0 saturated heterocycles. The van der Waals surface area contributed by atoms with E-state index in [1.807, 2.05) is 0 Å². The van der Waals surface area contributed by atoms with E-state index in [2.05, 4.69) is 5.73 Å². The van der Waals surface area contributed by atoms with Gasteiger partial charge in [0.1, 0.15) is 0 Å². The molecule has 1 atom stereocenters. The largest absolute Gasteiger partial charge is 0.478 e. The summed E-state index contributed by atoms with van der Waals surface area (Å²) in [5.74, 6) is -4.25. The molecule has 4 nitrogen and oxygen atoms in total. The number of aliphatic carboxylic acids is 1. The average Bonchev–Trinajstić information content (AvgIpc) is 1.84. The molecule has 0 aliphatic carbocycles. The molecule has 0 rings (SSSR count). The fraction of sp³-hybridized carbons (Fsp3) is 0.667. The van der Waals surface area contributed by atoms with E-state index >= 15 is 0 Å². The van der Waals surface area contributed by atoms with E-state index in [1.165, 1.54) is 13.8 Å². The van der Waals surface area contributed by atoms with Crippen LogP contribution in [-0.2, 0) is 9.59 Å². The van der Waals surface area contributed by atoms with Gasteiger partial charge in [0.15, 0.2) is 0 Å². The molecule has 0 aliphatic rings. The Kier molecular flexibility index (Phi) is 2.56. The van der Waals surface area contributed by atoms with E-state index < -0.39 is 23.5 Å². The number of nitrogens with two attached hydrogens (primary N) is 1. The first-order chi connectivity index (χ1) is 4.83. The maximum Gasteiger partial charge on any atom is 0.351 e. The maximum absolute atomic E-state index is 13.1. The van der Waals surface area contributed by atoms with Crippen LogP contribution in [0.5, 0.6) is 0 Å². The van der Waals surface area contributed by atoms with Crippen molar-refractivity contribution in [3.05, 3.63) is 0 Å². The summed E-state index contributed by atoms with van der Waals surface area (Å²) in [6.45, 7) is 2.55. The highest BCUT2D eigenvalue weighted by Gasteiger charge is 2.48. The fourth-order valence-corrected chi connectivity index (χ4v) is 0.637. The van der Waals surface area contributed by atoms with Crippen molar-refractivity contribution in [2.24, 2.45) is 11.7 Å². The van der Waals surface area contributed by atoms with Gasteiger partial charge in [-0.15, -0.1) is 0 Å². The number of carboxylic acid groups (broad SMARTS) is 1. The summed E-state index contributed by atoms with van der Waals surface area (Å²) >= 11 is 0. The molecule has 0 aromatic rings. The third-order valence-electron chi connectivity index (χ3n) is 1.47. The van der Waals surface area contributed by atoms with Crippen LogP contribution in [0.25, 0.3) is 0 Å². The number of rotatable bonds is 3. The van der Waals surface area contributed by atoms with Gasteiger partial charge in [-0.1, -0.05) is 13.8 Å². The van der Waals surface area contributed by atoms with E-state index in [0.717, 1.165) is 0 Å². The van der Waals surface area contributed by atoms with Crippen LogP contribution in [0.4, 0.5) is 4.39 Å². The van der Waals surface area contributed by atoms with Crippen molar-refractivity contribution < 1.29 is 19.1 Å². The van der Waals surface area contributed by atoms with Gasteiger partial charge in [-0.25, -0.2) is 9.18 Å². The quantitative estimate of drug-likeness (QED) is 0.571. The number of carbonyl (C=O) groups is 2. The highest BCUT2D eigenvalue weighted by molar-refractivity contribution is 6.04. The van der Waals surface area contributed by atoms with Crippen LogP contribution >= 0.6 is 0 Å². The molecule has 0 unspecified atom stereocenters. The third-order valence-corrected chi connectivity index (χ3v) is 1.47. The monoisotopic (exact) mass is 163 g/mol. The van der Waals surface area contributed by atoms with Crippen molar-refractivity contribution in [2.45, 2.75) is 19.5 Å². The molecular weight excluding hydrogens is 153 g/mol. The van der Waals surface area contributed by atoms with Crippen LogP contribution in [0.15, 0.2) is 0 Å². The Morgan fingerprint density at radius 2 is 1.91 bits per heavy atom. The minimum absolute atomic E-state index is 0.961. The normalized spacial score (nSPS) is 16.0. The van der Waals surface area contributed by atoms with Crippen LogP contribution in [-0.4, -0.2) is 22.7 Å². The molecule has 0 spiro atoms. The van der Waals surface area contributed by atoms with E-state index in [9.17, 15) is 14.0 Å². The van der Waals surface area contributed by atoms with Gasteiger partial charge >= 0.3 is 5.97 Å². The number of halogens is 1. The molecule has 0 aromatic carbocycles. The molecule has 5 heteroatoms. The predicted octanol–water partition coefficient (Wildman–Crippen LogP) is -0.0794. The Hall–Kier alpha value is -1.13. The number of carbonyl (C=O) groups excluding carboxylic acids is 1. The smallest absolute Gasteiger partial charge is 0.351 e. The molecule has 0 fully saturated rings. The molecule has 11 heavy (non-hydrogen) atoms. The number of carboxylic acids is 1. The van der Waals surface area contributed by atoms with Gasteiger partial charge in [-0.3, -0.25) is 4.79 Å². The zero-order valence-corrected chi connectivity index (χ0v) is 6.30. The van der Waals surface area contributed by atoms with E-state index in [0.29, 0.717) is 0 Å². The molecule has 0 heterocycles. The fourth-order valence-electron chi connectivity index (χ4n) is 0.637. The average molecular weight is 163 g/mol. The van der Waals surface area contributed by atoms with Crippen molar-refractivity contribution in [2.75, 3.05) is 0 Å². The van der Waals surface area contributed by atoms with Crippen LogP contribution in [0.3, 0.4) is 0 Å². The minimum Gasteiger partial charge on any atom is -0.478 e. The summed E-state index contributed by atoms with van der Waals surface area (Å²) in [7, 11) is 0. The van der Waals surface area contributed by atoms with Crippen LogP contribution in [0.1, 0.15) is 13.8 Å². The van der Waals surface area contributed by atoms with Crippen molar-refractivity contribution in [1.82, 2.24) is 0 Å². The molecular formula is C6H10FNO3. The maximum atomic E-state index is 13.1. The molecule has 64 valence electrons. The number of amides is 1. The van der Waals surface area contributed by atoms with E-state index in [4.69, 9.17) is 5.11 Å². The topological polar surface area (TPSA) is 80.4 Å². The van der Waals surface area contributed by atoms with Crippen LogP contribution < -0.4 is 5.73 Å². The van der Waals surface area contributed by atoms with Gasteiger partial charge in [0, 0.05) is 5.92 Å². The second-order valence-electron chi connectivity index (χ2n) is 2.54. The zero-order valence-electron chi connectivity index (χ0n) is 6.30. The second kappa shape index (κ2) is 2.86. The summed E-state index contributed by atoms with van der Waals surface area (Å²) in [6, 6.07) is 0. The van der Waals surface area contributed by atoms with E-state index in [-0.39, 0.29) is 0 Å². The Balaban J connectivity index is 4.82. The Labute approximate surface area is 63.2 Å². The molecule has 0 saturated carbocycles. The molecule has 3 N–H and O–H groups in total. The van der Waals surface area contributed by atoms with Crippen molar-refractivity contribution in [3.63, 3.8) is 0 Å². The standard InChI is InChI=1S/C6H10FNO3/c1-3(2)6(7,4(8)9)5(10)11/h3H,1-2H3,(H2,8,9)(H,10,11)/t6-/m0/s1. The first-order valence-corrected chi connectivity index (χ1v) is 3.05. The molecule has 0 aromatic heterocycles. The third kappa shape index (κ3) is 1.47. The van der Waals surface area contributed by atoms with Crippen molar-refractivity contribution in [3.8, 4) is 0 Å². The van der Waals surface area contributed by atoms with Gasteiger partial charge in [0.25, 0.3) is 11.6 Å². The van der Waals surface area contributed by atoms with Crippen molar-refractivity contribution in [1.29, 1.82) is 0 Å². The number of alkyl halides is 1. The van der Waals surface area contributed by atoms with Gasteiger partial charge < -0.3 is 10.8 Å². The molecule has 0 radical (unpaired) electrons. The Morgan fingerprint density at radius 3 is 1.91 bits per heavy atom. The van der Waals surface area contributed by atoms with Gasteiger partial charge in [-0.05, 0) is 0 Å². The van der Waals surface area contributed by atoms with Gasteiger partial charge in [0.05, 0.1) is 0 Å². The number of hydrogen-bond donors (Lipinski definition) is 2. The summed E-state index contributed by atoms with van der Waals surface area (Å²) in [5, 5.41) is 8.30. The van der Waals surface area contributed by atoms with E-state index in [1.54, 1.807) is 0 Å². The van der Waals surface area contributed by atoms with Crippen LogP contribution in [0, 0.1) is 5.92 Å². The molecule has 1 amide bonds. The Morgan fingerprint density at radius 1 is 1.55 bits per heavy atom. The lowest BCUT2D eigenvalue weighted by Crippen LogP contribution is -2.50. The highest BCUT2D eigenvalue weighted by Crippen LogP contribution is 2.21. The Bertz CT molecular complexity index is 176. The van der Waals surface area contributed by atoms with Crippen LogP contribution in [0.2, 0.25) is 0 Å². The summed E-state index contributed by atoms with van der Waals surface area (Å²) in [4.78, 5) is 20.6. The van der Waals surface area contributed by atoms with Crippen molar-refractivity contribution >= 4 is 11.9 Å². The lowest BCUT2D eigenvalue weighted by atomic mass is 9.92. The second-order valence-corrected chi connectivity index (χ2v) is 2.54. The van der Waals surface area contributed by atoms with Gasteiger partial charge in [-0.2, -0.15) is 0 Å². The zero-order chi connectivity index (χ0) is 9.23. The molecule has 0 bridgehead atoms. The minimum atomic E-state index is -2.94.